The van der Waals surface area contributed by atoms with Crippen molar-refractivity contribution in [3.05, 3.63) is 35.4 Å². The summed E-state index contributed by atoms with van der Waals surface area (Å²) in [5, 5.41) is 0. The van der Waals surface area contributed by atoms with Gasteiger partial charge in [0.05, 0.1) is 0 Å². The fourth-order valence-corrected chi connectivity index (χ4v) is 2.03. The van der Waals surface area contributed by atoms with E-state index in [0.29, 0.717) is 6.54 Å². The zero-order valence-electron chi connectivity index (χ0n) is 9.17. The molecule has 2 heteroatoms. The predicted molar refractivity (Wildman–Crippen MR) is 60.4 cm³/mol. The fourth-order valence-electron chi connectivity index (χ4n) is 2.03. The van der Waals surface area contributed by atoms with Crippen molar-refractivity contribution in [3.8, 4) is 0 Å². The summed E-state index contributed by atoms with van der Waals surface area (Å²) in [6.45, 7) is 2.34. The van der Waals surface area contributed by atoms with Gasteiger partial charge in [0.2, 0.25) is 0 Å². The van der Waals surface area contributed by atoms with Crippen LogP contribution in [0.4, 0.5) is 4.39 Å². The zero-order valence-corrected chi connectivity index (χ0v) is 9.17. The lowest BCUT2D eigenvalue weighted by atomic mass is 9.92. The Morgan fingerprint density at radius 1 is 1.33 bits per heavy atom. The van der Waals surface area contributed by atoms with Gasteiger partial charge in [-0.25, -0.2) is 4.39 Å². The zero-order chi connectivity index (χ0) is 10.9. The maximum absolute atomic E-state index is 14.3. The van der Waals surface area contributed by atoms with Crippen LogP contribution in [0, 0.1) is 5.92 Å². The molecule has 1 aromatic carbocycles. The molecule has 0 radical (unpaired) electrons. The maximum Gasteiger partial charge on any atom is 0.136 e. The van der Waals surface area contributed by atoms with E-state index in [1.807, 2.05) is 24.3 Å². The summed E-state index contributed by atoms with van der Waals surface area (Å²) in [5.41, 5.74) is 6.33. The van der Waals surface area contributed by atoms with E-state index in [1.165, 1.54) is 5.56 Å². The van der Waals surface area contributed by atoms with E-state index in [9.17, 15) is 4.39 Å². The lowest BCUT2D eigenvalue weighted by Crippen LogP contribution is -2.17. The first kappa shape index (κ1) is 10.6. The molecule has 0 heterocycles. The molecule has 1 fully saturated rings. The number of rotatable bonds is 4. The van der Waals surface area contributed by atoms with Crippen LogP contribution in [0.5, 0.6) is 0 Å². The van der Waals surface area contributed by atoms with Crippen LogP contribution in [0.25, 0.3) is 0 Å². The Bertz CT molecular complexity index is 325. The van der Waals surface area contributed by atoms with E-state index < -0.39 is 5.67 Å². The standard InChI is InChI=1S/C13H18FN/c1-13(14,12-6-7-12)11-4-2-10(3-5-11)8-9-15/h2-5,12H,6-9,15H2,1H3. The Labute approximate surface area is 90.5 Å². The molecule has 0 spiro atoms. The summed E-state index contributed by atoms with van der Waals surface area (Å²) < 4.78 is 14.3. The summed E-state index contributed by atoms with van der Waals surface area (Å²) in [6.07, 6.45) is 2.92. The minimum atomic E-state index is -1.14. The maximum atomic E-state index is 14.3. The van der Waals surface area contributed by atoms with Gasteiger partial charge < -0.3 is 5.73 Å². The van der Waals surface area contributed by atoms with Gasteiger partial charge in [0.1, 0.15) is 5.67 Å². The van der Waals surface area contributed by atoms with Crippen molar-refractivity contribution in [3.63, 3.8) is 0 Å². The Morgan fingerprint density at radius 3 is 2.40 bits per heavy atom. The Kier molecular flexibility index (Phi) is 2.79. The number of alkyl halides is 1. The normalized spacial score (nSPS) is 19.9. The fraction of sp³-hybridized carbons (Fsp3) is 0.538. The molecule has 15 heavy (non-hydrogen) atoms. The van der Waals surface area contributed by atoms with Crippen molar-refractivity contribution in [2.24, 2.45) is 11.7 Å². The average molecular weight is 207 g/mol. The van der Waals surface area contributed by atoms with E-state index in [-0.39, 0.29) is 5.92 Å². The van der Waals surface area contributed by atoms with E-state index >= 15 is 0 Å². The van der Waals surface area contributed by atoms with Gasteiger partial charge in [-0.15, -0.1) is 0 Å². The van der Waals surface area contributed by atoms with Crippen LogP contribution in [-0.2, 0) is 12.1 Å². The number of benzene rings is 1. The highest BCUT2D eigenvalue weighted by molar-refractivity contribution is 5.28. The van der Waals surface area contributed by atoms with Crippen LogP contribution < -0.4 is 5.73 Å². The Balaban J connectivity index is 2.15. The minimum Gasteiger partial charge on any atom is -0.330 e. The summed E-state index contributed by atoms with van der Waals surface area (Å²) in [7, 11) is 0. The summed E-state index contributed by atoms with van der Waals surface area (Å²) >= 11 is 0. The highest BCUT2D eigenvalue weighted by Crippen LogP contribution is 2.48. The van der Waals surface area contributed by atoms with Crippen molar-refractivity contribution < 1.29 is 4.39 Å². The molecule has 0 amide bonds. The molecule has 1 unspecified atom stereocenters. The first-order valence-electron chi connectivity index (χ1n) is 5.63. The molecule has 2 N–H and O–H groups in total. The van der Waals surface area contributed by atoms with Gasteiger partial charge in [-0.1, -0.05) is 24.3 Å². The van der Waals surface area contributed by atoms with Gasteiger partial charge in [-0.2, -0.15) is 0 Å². The lowest BCUT2D eigenvalue weighted by Gasteiger charge is -2.20. The molecule has 2 rings (SSSR count). The molecule has 1 aliphatic rings. The largest absolute Gasteiger partial charge is 0.330 e. The van der Waals surface area contributed by atoms with Crippen LogP contribution in [0.2, 0.25) is 0 Å². The van der Waals surface area contributed by atoms with Crippen molar-refractivity contribution in [1.29, 1.82) is 0 Å². The molecular weight excluding hydrogens is 189 g/mol. The monoisotopic (exact) mass is 207 g/mol. The van der Waals surface area contributed by atoms with Crippen LogP contribution >= 0.6 is 0 Å². The average Bonchev–Trinajstić information content (AvgIpc) is 3.02. The number of halogens is 1. The first-order chi connectivity index (χ1) is 7.14. The topological polar surface area (TPSA) is 26.0 Å². The summed E-state index contributed by atoms with van der Waals surface area (Å²) in [5.74, 6) is 0.234. The van der Waals surface area contributed by atoms with Crippen molar-refractivity contribution in [2.45, 2.75) is 31.9 Å². The van der Waals surface area contributed by atoms with Crippen LogP contribution in [0.15, 0.2) is 24.3 Å². The summed E-state index contributed by atoms with van der Waals surface area (Å²) in [4.78, 5) is 0. The van der Waals surface area contributed by atoms with Gasteiger partial charge in [-0.3, -0.25) is 0 Å². The highest BCUT2D eigenvalue weighted by atomic mass is 19.1. The van der Waals surface area contributed by atoms with Crippen molar-refractivity contribution >= 4 is 0 Å². The molecule has 1 aliphatic carbocycles. The third kappa shape index (κ3) is 2.20. The van der Waals surface area contributed by atoms with Crippen molar-refractivity contribution in [1.82, 2.24) is 0 Å². The SMILES string of the molecule is CC(F)(c1ccc(CCN)cc1)C1CC1. The third-order valence-electron chi connectivity index (χ3n) is 3.30. The summed E-state index contributed by atoms with van der Waals surface area (Å²) in [6, 6.07) is 7.79. The van der Waals surface area contributed by atoms with Crippen LogP contribution in [-0.4, -0.2) is 6.54 Å². The Morgan fingerprint density at radius 2 is 1.93 bits per heavy atom. The highest BCUT2D eigenvalue weighted by Gasteiger charge is 2.43. The molecule has 82 valence electrons. The number of hydrogen-bond acceptors (Lipinski definition) is 1. The molecule has 0 aromatic heterocycles. The van der Waals surface area contributed by atoms with Crippen molar-refractivity contribution in [2.75, 3.05) is 6.54 Å². The molecule has 1 atom stereocenters. The molecular formula is C13H18FN. The Hall–Kier alpha value is -0.890. The molecule has 1 saturated carbocycles. The van der Waals surface area contributed by atoms with Gasteiger partial charge in [0.15, 0.2) is 0 Å². The number of nitrogens with two attached hydrogens (primary N) is 1. The predicted octanol–water partition coefficient (Wildman–Crippen LogP) is 2.78. The minimum absolute atomic E-state index is 0.234. The van der Waals surface area contributed by atoms with Gasteiger partial charge >= 0.3 is 0 Å². The van der Waals surface area contributed by atoms with E-state index in [4.69, 9.17) is 5.73 Å². The van der Waals surface area contributed by atoms with Gasteiger partial charge in [0.25, 0.3) is 0 Å². The lowest BCUT2D eigenvalue weighted by molar-refractivity contribution is 0.158. The second-order valence-corrected chi connectivity index (χ2v) is 4.59. The third-order valence-corrected chi connectivity index (χ3v) is 3.30. The van der Waals surface area contributed by atoms with Gasteiger partial charge in [0, 0.05) is 0 Å². The second kappa shape index (κ2) is 3.93. The van der Waals surface area contributed by atoms with Crippen LogP contribution in [0.1, 0.15) is 30.9 Å². The van der Waals surface area contributed by atoms with E-state index in [1.54, 1.807) is 6.92 Å². The van der Waals surface area contributed by atoms with E-state index in [0.717, 1.165) is 24.8 Å². The second-order valence-electron chi connectivity index (χ2n) is 4.59. The molecule has 0 aliphatic heterocycles. The van der Waals surface area contributed by atoms with Crippen LogP contribution in [0.3, 0.4) is 0 Å². The molecule has 1 nitrogen and oxygen atoms in total. The van der Waals surface area contributed by atoms with E-state index in [2.05, 4.69) is 0 Å². The number of hydrogen-bond donors (Lipinski definition) is 1. The molecule has 0 saturated heterocycles. The quantitative estimate of drug-likeness (QED) is 0.807. The van der Waals surface area contributed by atoms with Gasteiger partial charge in [-0.05, 0) is 49.8 Å². The first-order valence-corrected chi connectivity index (χ1v) is 5.63. The smallest absolute Gasteiger partial charge is 0.136 e. The molecule has 1 aromatic rings. The molecule has 0 bridgehead atoms.